The first-order valence-corrected chi connectivity index (χ1v) is 7.98. The van der Waals surface area contributed by atoms with Crippen LogP contribution in [-0.4, -0.2) is 7.05 Å². The van der Waals surface area contributed by atoms with Gasteiger partial charge in [0.05, 0.1) is 0 Å². The SMILES string of the molecule is CNC(c1ccc(Br)c(C)c1)C1CC1c1ccccc1. The van der Waals surface area contributed by atoms with Crippen LogP contribution in [0, 0.1) is 12.8 Å². The van der Waals surface area contributed by atoms with Crippen molar-refractivity contribution in [2.75, 3.05) is 7.05 Å². The van der Waals surface area contributed by atoms with Crippen molar-refractivity contribution >= 4 is 15.9 Å². The van der Waals surface area contributed by atoms with Crippen LogP contribution >= 0.6 is 15.9 Å². The highest BCUT2D eigenvalue weighted by molar-refractivity contribution is 9.10. The standard InChI is InChI=1S/C18H20BrN/c1-12-10-14(8-9-17(12)19)18(20-2)16-11-15(16)13-6-4-3-5-7-13/h3-10,15-16,18,20H,11H2,1-2H3. The maximum absolute atomic E-state index is 3.58. The number of aryl methyl sites for hydroxylation is 1. The van der Waals surface area contributed by atoms with Crippen molar-refractivity contribution in [2.45, 2.75) is 25.3 Å². The van der Waals surface area contributed by atoms with Gasteiger partial charge in [0.2, 0.25) is 0 Å². The van der Waals surface area contributed by atoms with Gasteiger partial charge in [0.15, 0.2) is 0 Å². The van der Waals surface area contributed by atoms with Crippen LogP contribution in [0.3, 0.4) is 0 Å². The monoisotopic (exact) mass is 329 g/mol. The molecule has 1 fully saturated rings. The van der Waals surface area contributed by atoms with Gasteiger partial charge in [-0.05, 0) is 55.0 Å². The molecule has 3 unspecified atom stereocenters. The second kappa shape index (κ2) is 5.71. The van der Waals surface area contributed by atoms with E-state index >= 15 is 0 Å². The fraction of sp³-hybridized carbons (Fsp3) is 0.333. The molecule has 0 saturated heterocycles. The molecule has 2 aromatic rings. The lowest BCUT2D eigenvalue weighted by Gasteiger charge is -2.18. The summed E-state index contributed by atoms with van der Waals surface area (Å²) in [4.78, 5) is 0. The third kappa shape index (κ3) is 2.68. The molecule has 0 heterocycles. The summed E-state index contributed by atoms with van der Waals surface area (Å²) in [5.41, 5.74) is 4.18. The van der Waals surface area contributed by atoms with Crippen molar-refractivity contribution in [1.82, 2.24) is 5.32 Å². The minimum absolute atomic E-state index is 0.451. The van der Waals surface area contributed by atoms with Crippen LogP contribution in [0.5, 0.6) is 0 Å². The second-order valence-electron chi connectivity index (χ2n) is 5.69. The molecular formula is C18H20BrN. The Kier molecular flexibility index (Phi) is 3.95. The molecule has 0 spiro atoms. The highest BCUT2D eigenvalue weighted by Crippen LogP contribution is 2.54. The molecule has 0 aliphatic heterocycles. The predicted octanol–water partition coefficient (Wildman–Crippen LogP) is 4.82. The maximum Gasteiger partial charge on any atom is 0.0352 e. The summed E-state index contributed by atoms with van der Waals surface area (Å²) in [6.45, 7) is 2.15. The van der Waals surface area contributed by atoms with Crippen LogP contribution in [0.15, 0.2) is 53.0 Å². The van der Waals surface area contributed by atoms with Crippen molar-refractivity contribution in [3.05, 3.63) is 69.7 Å². The zero-order valence-electron chi connectivity index (χ0n) is 11.9. The fourth-order valence-corrected chi connectivity index (χ4v) is 3.40. The quantitative estimate of drug-likeness (QED) is 0.847. The molecule has 1 aliphatic carbocycles. The molecule has 0 aromatic heterocycles. The van der Waals surface area contributed by atoms with E-state index in [2.05, 4.69) is 83.7 Å². The average molecular weight is 330 g/mol. The normalized spacial score (nSPS) is 22.6. The molecule has 1 N–H and O–H groups in total. The third-order valence-electron chi connectivity index (χ3n) is 4.35. The molecule has 20 heavy (non-hydrogen) atoms. The van der Waals surface area contributed by atoms with Gasteiger partial charge in [0.25, 0.3) is 0 Å². The van der Waals surface area contributed by atoms with Crippen LogP contribution in [0.1, 0.15) is 35.1 Å². The van der Waals surface area contributed by atoms with Gasteiger partial charge in [0.1, 0.15) is 0 Å². The summed E-state index contributed by atoms with van der Waals surface area (Å²) in [5.74, 6) is 1.42. The van der Waals surface area contributed by atoms with E-state index < -0.39 is 0 Å². The minimum atomic E-state index is 0.451. The molecular weight excluding hydrogens is 310 g/mol. The Morgan fingerprint density at radius 3 is 2.55 bits per heavy atom. The molecule has 2 heteroatoms. The van der Waals surface area contributed by atoms with Crippen LogP contribution < -0.4 is 5.32 Å². The first-order chi connectivity index (χ1) is 9.70. The second-order valence-corrected chi connectivity index (χ2v) is 6.55. The van der Waals surface area contributed by atoms with E-state index in [1.165, 1.54) is 27.6 Å². The van der Waals surface area contributed by atoms with E-state index in [-0.39, 0.29) is 0 Å². The Labute approximate surface area is 129 Å². The average Bonchev–Trinajstić information content (AvgIpc) is 3.25. The number of halogens is 1. The molecule has 1 nitrogen and oxygen atoms in total. The lowest BCUT2D eigenvalue weighted by molar-refractivity contribution is 0.517. The Hall–Kier alpha value is -1.12. The Balaban J connectivity index is 1.80. The fourth-order valence-electron chi connectivity index (χ4n) is 3.16. The van der Waals surface area contributed by atoms with Gasteiger partial charge in [-0.25, -0.2) is 0 Å². The van der Waals surface area contributed by atoms with Crippen LogP contribution in [-0.2, 0) is 0 Å². The topological polar surface area (TPSA) is 12.0 Å². The van der Waals surface area contributed by atoms with Crippen LogP contribution in [0.4, 0.5) is 0 Å². The Morgan fingerprint density at radius 1 is 1.15 bits per heavy atom. The van der Waals surface area contributed by atoms with Gasteiger partial charge in [-0.15, -0.1) is 0 Å². The predicted molar refractivity (Wildman–Crippen MR) is 88.0 cm³/mol. The number of rotatable bonds is 4. The largest absolute Gasteiger partial charge is 0.313 e. The Morgan fingerprint density at radius 2 is 1.90 bits per heavy atom. The van der Waals surface area contributed by atoms with Crippen molar-refractivity contribution in [3.8, 4) is 0 Å². The van der Waals surface area contributed by atoms with Gasteiger partial charge in [-0.1, -0.05) is 58.4 Å². The first kappa shape index (κ1) is 13.8. The molecule has 1 saturated carbocycles. The van der Waals surface area contributed by atoms with Gasteiger partial charge in [0, 0.05) is 10.5 Å². The molecule has 1 aliphatic rings. The van der Waals surface area contributed by atoms with Gasteiger partial charge in [-0.2, -0.15) is 0 Å². The number of nitrogens with one attached hydrogen (secondary N) is 1. The third-order valence-corrected chi connectivity index (χ3v) is 5.24. The van der Waals surface area contributed by atoms with Crippen molar-refractivity contribution in [2.24, 2.45) is 5.92 Å². The number of hydrogen-bond acceptors (Lipinski definition) is 1. The molecule has 0 radical (unpaired) electrons. The van der Waals surface area contributed by atoms with Crippen molar-refractivity contribution in [1.29, 1.82) is 0 Å². The summed E-state index contributed by atoms with van der Waals surface area (Å²) in [6.07, 6.45) is 1.28. The summed E-state index contributed by atoms with van der Waals surface area (Å²) in [6, 6.07) is 18.0. The summed E-state index contributed by atoms with van der Waals surface area (Å²) < 4.78 is 1.19. The van der Waals surface area contributed by atoms with E-state index in [1.54, 1.807) is 0 Å². The Bertz CT molecular complexity index is 594. The maximum atomic E-state index is 3.58. The highest BCUT2D eigenvalue weighted by Gasteiger charge is 2.43. The number of hydrogen-bond donors (Lipinski definition) is 1. The minimum Gasteiger partial charge on any atom is -0.313 e. The van der Waals surface area contributed by atoms with E-state index in [9.17, 15) is 0 Å². The van der Waals surface area contributed by atoms with E-state index in [1.807, 2.05) is 0 Å². The van der Waals surface area contributed by atoms with Gasteiger partial charge in [-0.3, -0.25) is 0 Å². The molecule has 2 aromatic carbocycles. The molecule has 104 valence electrons. The summed E-state index contributed by atoms with van der Waals surface area (Å²) in [7, 11) is 2.07. The molecule has 3 rings (SSSR count). The van der Waals surface area contributed by atoms with Crippen molar-refractivity contribution < 1.29 is 0 Å². The highest BCUT2D eigenvalue weighted by atomic mass is 79.9. The lowest BCUT2D eigenvalue weighted by atomic mass is 9.97. The van der Waals surface area contributed by atoms with E-state index in [0.29, 0.717) is 17.9 Å². The van der Waals surface area contributed by atoms with E-state index in [0.717, 1.165) is 0 Å². The summed E-state index contributed by atoms with van der Waals surface area (Å²) >= 11 is 3.58. The zero-order chi connectivity index (χ0) is 14.1. The lowest BCUT2D eigenvalue weighted by Crippen LogP contribution is -2.19. The first-order valence-electron chi connectivity index (χ1n) is 7.19. The molecule has 0 bridgehead atoms. The molecule has 0 amide bonds. The van der Waals surface area contributed by atoms with Crippen LogP contribution in [0.25, 0.3) is 0 Å². The van der Waals surface area contributed by atoms with Crippen molar-refractivity contribution in [3.63, 3.8) is 0 Å². The molecule has 3 atom stereocenters. The number of benzene rings is 2. The van der Waals surface area contributed by atoms with Crippen LogP contribution in [0.2, 0.25) is 0 Å². The van der Waals surface area contributed by atoms with E-state index in [4.69, 9.17) is 0 Å². The summed E-state index contributed by atoms with van der Waals surface area (Å²) in [5, 5.41) is 3.51. The van der Waals surface area contributed by atoms with Gasteiger partial charge < -0.3 is 5.32 Å². The van der Waals surface area contributed by atoms with Gasteiger partial charge >= 0.3 is 0 Å². The smallest absolute Gasteiger partial charge is 0.0352 e. The zero-order valence-corrected chi connectivity index (χ0v) is 13.5.